The van der Waals surface area contributed by atoms with Crippen LogP contribution < -0.4 is 0 Å². The summed E-state index contributed by atoms with van der Waals surface area (Å²) in [4.78, 5) is 0.0530. The molecule has 1 aromatic rings. The Morgan fingerprint density at radius 3 is 2.25 bits per heavy atom. The largest absolute Gasteiger partial charge is 0.232 e. The van der Waals surface area contributed by atoms with Crippen molar-refractivity contribution in [2.75, 3.05) is 0 Å². The molecule has 6 heteroatoms. The Kier molecular flexibility index (Phi) is 3.25. The molecule has 0 spiro atoms. The summed E-state index contributed by atoms with van der Waals surface area (Å²) in [5.41, 5.74) is 0. The molecule has 0 amide bonds. The van der Waals surface area contributed by atoms with Gasteiger partial charge in [0, 0.05) is 0 Å². The summed E-state index contributed by atoms with van der Waals surface area (Å²) in [7, 11) is -3.30. The average molecular weight is 337 g/mol. The van der Waals surface area contributed by atoms with Crippen LogP contribution in [-0.2, 0) is 7.01 Å². The highest BCUT2D eigenvalue weighted by Gasteiger charge is 2.15. The summed E-state index contributed by atoms with van der Waals surface area (Å²) in [5.74, 6) is 0. The average Bonchev–Trinajstić information content (AvgIpc) is 1.92. The Morgan fingerprint density at radius 1 is 1.25 bits per heavy atom. The van der Waals surface area contributed by atoms with Gasteiger partial charge in [0.15, 0.2) is 0 Å². The fourth-order valence-corrected chi connectivity index (χ4v) is 3.39. The van der Waals surface area contributed by atoms with E-state index in [-0.39, 0.29) is 14.9 Å². The van der Waals surface area contributed by atoms with Gasteiger partial charge >= 0.3 is 0 Å². The zero-order chi connectivity index (χ0) is 9.35. The molecule has 0 saturated heterocycles. The van der Waals surface area contributed by atoms with Gasteiger partial charge in [0.05, 0.1) is 36.1 Å². The Labute approximate surface area is 92.4 Å². The quantitative estimate of drug-likeness (QED) is 0.583. The molecule has 0 unspecified atom stereocenters. The summed E-state index contributed by atoms with van der Waals surface area (Å²) in [6, 6.07) is 4.49. The van der Waals surface area contributed by atoms with Gasteiger partial charge in [0.2, 0.25) is 7.01 Å². The van der Waals surface area contributed by atoms with Crippen LogP contribution >= 0.6 is 44.4 Å². The van der Waals surface area contributed by atoms with Crippen LogP contribution in [0.3, 0.4) is 0 Å². The summed E-state index contributed by atoms with van der Waals surface area (Å²) in [5, 5.41) is 0.322. The van der Waals surface area contributed by atoms with Crippen LogP contribution in [0, 0.1) is 0 Å². The number of rotatable bonds is 1. The van der Waals surface area contributed by atoms with E-state index in [2.05, 4.69) is 0 Å². The lowest BCUT2D eigenvalue weighted by Gasteiger charge is -2.00. The summed E-state index contributed by atoms with van der Waals surface area (Å²) in [6.07, 6.45) is 0. The Bertz CT molecular complexity index is 402. The predicted octanol–water partition coefficient (Wildman–Crippen LogP) is 3.12. The fourth-order valence-electron chi connectivity index (χ4n) is 0.672. The summed E-state index contributed by atoms with van der Waals surface area (Å²) >= 11 is 12.6. The van der Waals surface area contributed by atoms with E-state index in [4.69, 9.17) is 23.2 Å². The highest BCUT2D eigenvalue weighted by molar-refractivity contribution is 14.2. The minimum absolute atomic E-state index is 0.0530. The first kappa shape index (κ1) is 10.6. The maximum absolute atomic E-state index is 11.0. The second-order valence-corrected chi connectivity index (χ2v) is 7.57. The van der Waals surface area contributed by atoms with Gasteiger partial charge in [-0.15, -0.1) is 0 Å². The SMILES string of the molecule is O=S(=O)(I)c1cccc(Cl)c1Cl. The van der Waals surface area contributed by atoms with Crippen LogP contribution in [-0.4, -0.2) is 8.42 Å². The predicted molar refractivity (Wildman–Crippen MR) is 57.7 cm³/mol. The fraction of sp³-hybridized carbons (Fsp3) is 0. The molecule has 1 rings (SSSR count). The van der Waals surface area contributed by atoms with Crippen LogP contribution in [0.25, 0.3) is 0 Å². The smallest absolute Gasteiger partial charge is 0.213 e. The van der Waals surface area contributed by atoms with Gasteiger partial charge in [-0.3, -0.25) is 0 Å². The Balaban J connectivity index is 3.47. The molecule has 2 nitrogen and oxygen atoms in total. The first-order chi connectivity index (χ1) is 5.43. The summed E-state index contributed by atoms with van der Waals surface area (Å²) in [6.45, 7) is 0. The van der Waals surface area contributed by atoms with Crippen molar-refractivity contribution in [3.05, 3.63) is 28.2 Å². The van der Waals surface area contributed by atoms with Gasteiger partial charge in [0.25, 0.3) is 0 Å². The second kappa shape index (κ2) is 3.69. The van der Waals surface area contributed by atoms with E-state index in [0.717, 1.165) is 0 Å². The molecule has 12 heavy (non-hydrogen) atoms. The third kappa shape index (κ3) is 2.25. The minimum atomic E-state index is -3.30. The van der Waals surface area contributed by atoms with Gasteiger partial charge < -0.3 is 0 Å². The first-order valence-corrected chi connectivity index (χ1v) is 7.60. The van der Waals surface area contributed by atoms with Crippen molar-refractivity contribution in [2.45, 2.75) is 4.90 Å². The monoisotopic (exact) mass is 336 g/mol. The van der Waals surface area contributed by atoms with E-state index in [1.54, 1.807) is 6.07 Å². The van der Waals surface area contributed by atoms with Crippen LogP contribution in [0.1, 0.15) is 0 Å². The lowest BCUT2D eigenvalue weighted by Crippen LogP contribution is -1.90. The molecule has 66 valence electrons. The van der Waals surface area contributed by atoms with Crippen molar-refractivity contribution in [1.29, 1.82) is 0 Å². The third-order valence-electron chi connectivity index (χ3n) is 1.18. The molecule has 0 heterocycles. The van der Waals surface area contributed by atoms with E-state index in [1.807, 2.05) is 0 Å². The minimum Gasteiger partial charge on any atom is -0.213 e. The van der Waals surface area contributed by atoms with Crippen molar-refractivity contribution in [3.8, 4) is 0 Å². The van der Waals surface area contributed by atoms with Crippen molar-refractivity contribution in [2.24, 2.45) is 0 Å². The standard InChI is InChI=1S/C6H3Cl2IO2S/c7-4-2-1-3-5(6(4)8)12(9,10)11/h1-3H. The van der Waals surface area contributed by atoms with E-state index < -0.39 is 7.01 Å². The van der Waals surface area contributed by atoms with Crippen molar-refractivity contribution in [1.82, 2.24) is 0 Å². The highest BCUT2D eigenvalue weighted by atomic mass is 127. The van der Waals surface area contributed by atoms with Gasteiger partial charge in [-0.1, -0.05) is 29.3 Å². The molecule has 0 N–H and O–H groups in total. The van der Waals surface area contributed by atoms with Crippen molar-refractivity contribution < 1.29 is 8.42 Å². The zero-order valence-corrected chi connectivity index (χ0v) is 10.1. The molecule has 0 atom stereocenters. The van der Waals surface area contributed by atoms with E-state index in [0.29, 0.717) is 0 Å². The normalized spacial score (nSPS) is 11.6. The second-order valence-electron chi connectivity index (χ2n) is 1.99. The number of hydrogen-bond donors (Lipinski definition) is 0. The van der Waals surface area contributed by atoms with E-state index in [1.165, 1.54) is 33.3 Å². The highest BCUT2D eigenvalue weighted by Crippen LogP contribution is 2.31. The first-order valence-electron chi connectivity index (χ1n) is 2.81. The van der Waals surface area contributed by atoms with Crippen LogP contribution in [0.15, 0.2) is 23.1 Å². The molecule has 0 aromatic heterocycles. The Hall–Kier alpha value is 0.480. The van der Waals surface area contributed by atoms with Crippen LogP contribution in [0.4, 0.5) is 0 Å². The third-order valence-corrected chi connectivity index (χ3v) is 4.40. The maximum Gasteiger partial charge on any atom is 0.232 e. The maximum atomic E-state index is 11.0. The van der Waals surface area contributed by atoms with E-state index in [9.17, 15) is 8.42 Å². The lowest BCUT2D eigenvalue weighted by atomic mass is 10.4. The molecular formula is C6H3Cl2IO2S. The summed E-state index contributed by atoms with van der Waals surface area (Å²) < 4.78 is 22.1. The molecule has 0 radical (unpaired) electrons. The van der Waals surface area contributed by atoms with Gasteiger partial charge in [-0.25, -0.2) is 8.42 Å². The lowest BCUT2D eigenvalue weighted by molar-refractivity contribution is 0.612. The van der Waals surface area contributed by atoms with Gasteiger partial charge in [-0.05, 0) is 12.1 Å². The molecule has 1 aromatic carbocycles. The van der Waals surface area contributed by atoms with Crippen LogP contribution in [0.2, 0.25) is 10.0 Å². The molecule has 0 fully saturated rings. The van der Waals surface area contributed by atoms with Crippen molar-refractivity contribution >= 4 is 51.4 Å². The van der Waals surface area contributed by atoms with Crippen molar-refractivity contribution in [3.63, 3.8) is 0 Å². The molecule has 0 aliphatic heterocycles. The van der Waals surface area contributed by atoms with E-state index >= 15 is 0 Å². The molecule has 0 aliphatic rings. The zero-order valence-electron chi connectivity index (χ0n) is 5.59. The topological polar surface area (TPSA) is 34.1 Å². The number of benzene rings is 1. The molecule has 0 saturated carbocycles. The van der Waals surface area contributed by atoms with Gasteiger partial charge in [-0.2, -0.15) is 0 Å². The molecular weight excluding hydrogens is 334 g/mol. The Morgan fingerprint density at radius 2 is 1.83 bits per heavy atom. The van der Waals surface area contributed by atoms with Crippen LogP contribution in [0.5, 0.6) is 0 Å². The molecule has 0 aliphatic carbocycles. The number of halogens is 3. The van der Waals surface area contributed by atoms with Gasteiger partial charge in [0.1, 0.15) is 0 Å². The number of hydrogen-bond acceptors (Lipinski definition) is 2. The molecule has 0 bridgehead atoms.